The Kier molecular flexibility index (Phi) is 21.1. The Balaban J connectivity index is 2.07. The Labute approximate surface area is 374 Å². The summed E-state index contributed by atoms with van der Waals surface area (Å²) in [6, 6.07) is -5.50. The number of carboxylic acids is 2. The lowest BCUT2D eigenvalue weighted by atomic mass is 9.96. The van der Waals surface area contributed by atoms with Gasteiger partial charge in [0.1, 0.15) is 54.7 Å². The fourth-order valence-electron chi connectivity index (χ4n) is 6.87. The predicted molar refractivity (Wildman–Crippen MR) is 217 cm³/mol. The standard InChI is InChI=1S/C34H57N7O23P2/c1-15(12-41(19(32(51)52)6-4-5-10-35)30(50)18(7-8-23(45)46)38-29(49)16(2)36)60-28-24(37-17(3)43)33(53)62-20(13-42)27(28)63-66(58,64-65(55,56)57)59-14-21-25(47)26(48)31(61-21)40-11-9-22(44)39-34(40)54/h9,11,15-16,18-21,24-28,31,33,42,47-48,53H,4-8,10,12-14,35-36H2,1-3H3,(H,37,43)(H,38,49)(H,45,46)(H,51,52)(H,39,44,54)(H2,55,56,57)/t15?,16-,18+,19-,20+,21+,24+,25+,26+,27+,28+,31+,33-,66?/m0/s1. The summed E-state index contributed by atoms with van der Waals surface area (Å²) in [7, 11) is -11.8. The number of nitrogens with one attached hydrogen (secondary N) is 3. The van der Waals surface area contributed by atoms with Gasteiger partial charge in [0.2, 0.25) is 17.7 Å². The maximum absolute atomic E-state index is 14.3. The highest BCUT2D eigenvalue weighted by Gasteiger charge is 2.53. The number of nitrogens with two attached hydrogens (primary N) is 2. The first-order valence-corrected chi connectivity index (χ1v) is 23.1. The number of aliphatic hydroxyl groups excluding tert-OH is 4. The monoisotopic (exact) mass is 993 g/mol. The van der Waals surface area contributed by atoms with Crippen LogP contribution in [0.15, 0.2) is 21.9 Å². The summed E-state index contributed by atoms with van der Waals surface area (Å²) >= 11 is 0. The molecule has 2 fully saturated rings. The summed E-state index contributed by atoms with van der Waals surface area (Å²) in [5.74, 6) is -5.84. The van der Waals surface area contributed by atoms with Crippen LogP contribution in [0.2, 0.25) is 0 Å². The van der Waals surface area contributed by atoms with Crippen molar-refractivity contribution in [1.82, 2.24) is 25.1 Å². The zero-order valence-electron chi connectivity index (χ0n) is 35.7. The molecule has 0 bridgehead atoms. The van der Waals surface area contributed by atoms with E-state index < -0.39 is 169 Å². The van der Waals surface area contributed by atoms with Gasteiger partial charge in [0, 0.05) is 32.2 Å². The molecule has 2 saturated heterocycles. The number of aliphatic carboxylic acids is 2. The number of rotatable bonds is 26. The molecule has 3 rings (SSSR count). The van der Waals surface area contributed by atoms with Crippen molar-refractivity contribution in [2.75, 3.05) is 26.3 Å². The number of phosphoric ester groups is 1. The van der Waals surface area contributed by atoms with Crippen molar-refractivity contribution in [1.29, 1.82) is 0 Å². The first-order chi connectivity index (χ1) is 30.7. The van der Waals surface area contributed by atoms with Crippen molar-refractivity contribution in [2.24, 2.45) is 11.5 Å². The van der Waals surface area contributed by atoms with Gasteiger partial charge in [-0.25, -0.2) is 18.7 Å². The smallest absolute Gasteiger partial charge is 0.481 e. The molecular formula is C34H57N7O23P2. The van der Waals surface area contributed by atoms with Crippen LogP contribution in [0.4, 0.5) is 0 Å². The Bertz CT molecular complexity index is 2050. The van der Waals surface area contributed by atoms with Crippen LogP contribution in [-0.2, 0) is 60.7 Å². The Morgan fingerprint density at radius 1 is 1.00 bits per heavy atom. The average Bonchev–Trinajstić information content (AvgIpc) is 3.49. The van der Waals surface area contributed by atoms with Crippen LogP contribution in [0.1, 0.15) is 59.1 Å². The summed E-state index contributed by atoms with van der Waals surface area (Å²) < 4.78 is 59.2. The second kappa shape index (κ2) is 24.8. The van der Waals surface area contributed by atoms with Crippen molar-refractivity contribution in [3.05, 3.63) is 33.1 Å². The van der Waals surface area contributed by atoms with E-state index in [-0.39, 0.29) is 19.4 Å². The van der Waals surface area contributed by atoms with Gasteiger partial charge in [-0.1, -0.05) is 0 Å². The molecule has 2 aliphatic rings. The highest BCUT2D eigenvalue weighted by atomic mass is 31.3. The van der Waals surface area contributed by atoms with Gasteiger partial charge in [-0.15, -0.1) is 0 Å². The molecule has 1 aromatic heterocycles. The minimum Gasteiger partial charge on any atom is -0.481 e. The van der Waals surface area contributed by atoms with Crippen LogP contribution >= 0.6 is 15.6 Å². The summed E-state index contributed by atoms with van der Waals surface area (Å²) in [5, 5.41) is 67.1. The summed E-state index contributed by atoms with van der Waals surface area (Å²) in [4.78, 5) is 110. The lowest BCUT2D eigenvalue weighted by molar-refractivity contribution is -0.265. The lowest BCUT2D eigenvalue weighted by Gasteiger charge is -2.46. The van der Waals surface area contributed by atoms with E-state index in [0.717, 1.165) is 24.1 Å². The van der Waals surface area contributed by atoms with E-state index in [1.807, 2.05) is 4.98 Å². The minimum atomic E-state index is -5.93. The molecule has 66 heavy (non-hydrogen) atoms. The molecule has 3 amide bonds. The SMILES string of the molecule is CC(=O)N[C@@H]1[C@@H](OC(C)CN(C(=O)[C@@H](CCC(=O)O)NC(=O)[C@H](C)N)[C@@H](CCCCN)C(=O)O)[C@H](OP(=O)(OC[C@H]2O[C@@H](n3ccc(=O)[nH]c3=O)[C@H](O)[C@@H]2O)OP(=O)(O)O)[C@@H](CO)O[C@@H]1O. The topological polar surface area (TPSA) is 471 Å². The quantitative estimate of drug-likeness (QED) is 0.0305. The molecule has 0 spiro atoms. The third-order valence-electron chi connectivity index (χ3n) is 9.93. The molecular weight excluding hydrogens is 936 g/mol. The third kappa shape index (κ3) is 16.0. The van der Waals surface area contributed by atoms with Crippen LogP contribution in [-0.4, -0.2) is 184 Å². The van der Waals surface area contributed by atoms with Gasteiger partial charge in [0.05, 0.1) is 25.4 Å². The largest absolute Gasteiger partial charge is 0.484 e. The Hall–Kier alpha value is -4.07. The van der Waals surface area contributed by atoms with Crippen molar-refractivity contribution in [2.45, 2.75) is 132 Å². The maximum atomic E-state index is 14.3. The first kappa shape index (κ1) is 56.3. The number of aromatic amines is 1. The molecule has 0 radical (unpaired) electrons. The first-order valence-electron chi connectivity index (χ1n) is 20.1. The number of aliphatic hydroxyl groups is 4. The number of unbranched alkanes of at least 4 members (excludes halogenated alkanes) is 1. The number of hydrogen-bond donors (Lipinski definition) is 13. The fraction of sp³-hybridized carbons (Fsp3) is 0.735. The number of carbonyl (C=O) groups excluding carboxylic acids is 3. The van der Waals surface area contributed by atoms with E-state index in [4.69, 9.17) is 34.7 Å². The number of amides is 3. The van der Waals surface area contributed by atoms with Gasteiger partial charge < -0.3 is 81.6 Å². The van der Waals surface area contributed by atoms with Crippen LogP contribution in [0.3, 0.4) is 0 Å². The molecule has 376 valence electrons. The van der Waals surface area contributed by atoms with E-state index in [9.17, 15) is 83.1 Å². The molecule has 30 nitrogen and oxygen atoms in total. The predicted octanol–water partition coefficient (Wildman–Crippen LogP) is -5.13. The molecule has 0 aliphatic carbocycles. The van der Waals surface area contributed by atoms with Crippen LogP contribution in [0.5, 0.6) is 0 Å². The normalized spacial score (nSPS) is 27.2. The van der Waals surface area contributed by atoms with Gasteiger partial charge in [-0.2, -0.15) is 4.31 Å². The number of ether oxygens (including phenoxy) is 3. The number of H-pyrrole nitrogens is 1. The number of carbonyl (C=O) groups is 5. The van der Waals surface area contributed by atoms with Gasteiger partial charge in [-0.05, 0) is 46.1 Å². The van der Waals surface area contributed by atoms with Crippen LogP contribution in [0, 0.1) is 0 Å². The van der Waals surface area contributed by atoms with Crippen molar-refractivity contribution < 1.29 is 101 Å². The second-order valence-corrected chi connectivity index (χ2v) is 18.2. The van der Waals surface area contributed by atoms with Crippen molar-refractivity contribution in [3.63, 3.8) is 0 Å². The zero-order valence-corrected chi connectivity index (χ0v) is 37.5. The summed E-state index contributed by atoms with van der Waals surface area (Å²) in [6.45, 7) is 0.461. The van der Waals surface area contributed by atoms with Gasteiger partial charge in [0.15, 0.2) is 12.5 Å². The highest BCUT2D eigenvalue weighted by Crippen LogP contribution is 2.62. The summed E-state index contributed by atoms with van der Waals surface area (Å²) in [6.07, 6.45) is -17.2. The number of phosphoric acid groups is 2. The molecule has 0 aromatic carbocycles. The van der Waals surface area contributed by atoms with Crippen LogP contribution in [0.25, 0.3) is 0 Å². The van der Waals surface area contributed by atoms with E-state index >= 15 is 0 Å². The third-order valence-corrected chi connectivity index (χ3v) is 12.5. The van der Waals surface area contributed by atoms with E-state index in [0.29, 0.717) is 11.0 Å². The maximum Gasteiger partial charge on any atom is 0.484 e. The molecule has 2 unspecified atom stereocenters. The van der Waals surface area contributed by atoms with Gasteiger partial charge >= 0.3 is 33.3 Å². The van der Waals surface area contributed by atoms with Crippen LogP contribution < -0.4 is 33.3 Å². The van der Waals surface area contributed by atoms with Gasteiger partial charge in [0.25, 0.3) is 5.56 Å². The summed E-state index contributed by atoms with van der Waals surface area (Å²) in [5.41, 5.74) is 9.34. The number of nitrogens with zero attached hydrogens (tertiary/aromatic N) is 2. The molecule has 15 N–H and O–H groups in total. The molecule has 0 saturated carbocycles. The molecule has 14 atom stereocenters. The number of aromatic nitrogens is 2. The highest BCUT2D eigenvalue weighted by molar-refractivity contribution is 7.61. The van der Waals surface area contributed by atoms with Gasteiger partial charge in [-0.3, -0.25) is 42.6 Å². The van der Waals surface area contributed by atoms with E-state index in [2.05, 4.69) is 14.9 Å². The van der Waals surface area contributed by atoms with E-state index in [1.54, 1.807) is 0 Å². The fourth-order valence-corrected chi connectivity index (χ4v) is 9.20. The zero-order chi connectivity index (χ0) is 49.8. The van der Waals surface area contributed by atoms with Crippen molar-refractivity contribution >= 4 is 45.3 Å². The molecule has 32 heteroatoms. The van der Waals surface area contributed by atoms with Crippen molar-refractivity contribution in [3.8, 4) is 0 Å². The second-order valence-electron chi connectivity index (χ2n) is 15.2. The number of hydrogen-bond acceptors (Lipinski definition) is 21. The average molecular weight is 994 g/mol. The lowest BCUT2D eigenvalue weighted by Crippen LogP contribution is -2.66. The number of carboxylic acid groups (broad SMARTS) is 2. The van der Waals surface area contributed by atoms with E-state index in [1.165, 1.54) is 13.8 Å². The molecule has 1 aromatic rings. The molecule has 2 aliphatic heterocycles. The molecule has 3 heterocycles. The Morgan fingerprint density at radius 3 is 2.21 bits per heavy atom. The Morgan fingerprint density at radius 2 is 1.67 bits per heavy atom. The minimum absolute atomic E-state index is 0.129.